The Morgan fingerprint density at radius 3 is 2.52 bits per heavy atom. The molecule has 0 bridgehead atoms. The first kappa shape index (κ1) is 16.5. The standard InChI is InChI=1S/C18H16FNO3/c1-3-23-18(21)17(12-7-9-13(22-2)10-8-12)14-5-4-6-16(19)15(14)11-20/h4-10,17H,3H2,1-2H3. The molecule has 0 aliphatic rings. The summed E-state index contributed by atoms with van der Waals surface area (Å²) in [6.07, 6.45) is 0. The van der Waals surface area contributed by atoms with Crippen LogP contribution in [0.4, 0.5) is 4.39 Å². The molecule has 2 aromatic rings. The second-order valence-corrected chi connectivity index (χ2v) is 4.77. The Balaban J connectivity index is 2.57. The van der Waals surface area contributed by atoms with Gasteiger partial charge in [-0.05, 0) is 36.2 Å². The second kappa shape index (κ2) is 7.41. The number of nitriles is 1. The van der Waals surface area contributed by atoms with Crippen molar-refractivity contribution in [3.8, 4) is 11.8 Å². The van der Waals surface area contributed by atoms with E-state index in [9.17, 15) is 14.4 Å². The first-order valence-corrected chi connectivity index (χ1v) is 7.11. The van der Waals surface area contributed by atoms with Crippen LogP contribution in [0.3, 0.4) is 0 Å². The quantitative estimate of drug-likeness (QED) is 0.794. The molecule has 1 unspecified atom stereocenters. The molecular weight excluding hydrogens is 297 g/mol. The summed E-state index contributed by atoms with van der Waals surface area (Å²) in [5, 5.41) is 9.23. The van der Waals surface area contributed by atoms with Crippen LogP contribution in [-0.4, -0.2) is 19.7 Å². The Hall–Kier alpha value is -2.87. The fourth-order valence-corrected chi connectivity index (χ4v) is 2.36. The van der Waals surface area contributed by atoms with E-state index < -0.39 is 17.7 Å². The molecule has 0 saturated carbocycles. The number of benzene rings is 2. The topological polar surface area (TPSA) is 59.3 Å². The maximum atomic E-state index is 13.9. The van der Waals surface area contributed by atoms with Crippen molar-refractivity contribution in [3.63, 3.8) is 0 Å². The van der Waals surface area contributed by atoms with Gasteiger partial charge >= 0.3 is 5.97 Å². The Morgan fingerprint density at radius 2 is 1.96 bits per heavy atom. The summed E-state index contributed by atoms with van der Waals surface area (Å²) in [7, 11) is 1.54. The number of nitrogens with zero attached hydrogens (tertiary/aromatic N) is 1. The lowest BCUT2D eigenvalue weighted by molar-refractivity contribution is -0.143. The van der Waals surface area contributed by atoms with Crippen molar-refractivity contribution in [2.45, 2.75) is 12.8 Å². The van der Waals surface area contributed by atoms with Crippen molar-refractivity contribution in [1.29, 1.82) is 5.26 Å². The van der Waals surface area contributed by atoms with Gasteiger partial charge in [0.15, 0.2) is 0 Å². The van der Waals surface area contributed by atoms with Crippen molar-refractivity contribution in [2.75, 3.05) is 13.7 Å². The van der Waals surface area contributed by atoms with Gasteiger partial charge in [-0.15, -0.1) is 0 Å². The van der Waals surface area contributed by atoms with Crippen molar-refractivity contribution in [1.82, 2.24) is 0 Å². The van der Waals surface area contributed by atoms with Crippen LogP contribution in [-0.2, 0) is 9.53 Å². The zero-order chi connectivity index (χ0) is 16.8. The third kappa shape index (κ3) is 3.49. The summed E-state index contributed by atoms with van der Waals surface area (Å²) < 4.78 is 24.1. The summed E-state index contributed by atoms with van der Waals surface area (Å²) >= 11 is 0. The van der Waals surface area contributed by atoms with Gasteiger partial charge in [0.25, 0.3) is 0 Å². The second-order valence-electron chi connectivity index (χ2n) is 4.77. The molecule has 23 heavy (non-hydrogen) atoms. The third-order valence-corrected chi connectivity index (χ3v) is 3.44. The number of carbonyl (C=O) groups is 1. The van der Waals surface area contributed by atoms with Crippen LogP contribution in [0, 0.1) is 17.1 Å². The Bertz CT molecular complexity index is 735. The lowest BCUT2D eigenvalue weighted by Crippen LogP contribution is -2.18. The highest BCUT2D eigenvalue weighted by Gasteiger charge is 2.28. The van der Waals surface area contributed by atoms with Gasteiger partial charge in [-0.1, -0.05) is 24.3 Å². The van der Waals surface area contributed by atoms with E-state index >= 15 is 0 Å². The van der Waals surface area contributed by atoms with E-state index in [4.69, 9.17) is 9.47 Å². The number of ether oxygens (including phenoxy) is 2. The van der Waals surface area contributed by atoms with E-state index in [0.717, 1.165) is 0 Å². The number of hydrogen-bond donors (Lipinski definition) is 0. The van der Waals surface area contributed by atoms with Crippen molar-refractivity contribution < 1.29 is 18.7 Å². The number of esters is 1. The molecule has 2 rings (SSSR count). The Labute approximate surface area is 134 Å². The molecule has 0 heterocycles. The fraction of sp³-hybridized carbons (Fsp3) is 0.222. The Kier molecular flexibility index (Phi) is 5.32. The van der Waals surface area contributed by atoms with Crippen LogP contribution >= 0.6 is 0 Å². The summed E-state index contributed by atoms with van der Waals surface area (Å²) in [6, 6.07) is 12.9. The van der Waals surface area contributed by atoms with Crippen LogP contribution in [0.25, 0.3) is 0 Å². The summed E-state index contributed by atoms with van der Waals surface area (Å²) in [5.41, 5.74) is 0.740. The molecule has 0 radical (unpaired) electrons. The van der Waals surface area contributed by atoms with Gasteiger partial charge in [0.05, 0.1) is 19.3 Å². The molecule has 0 spiro atoms. The smallest absolute Gasteiger partial charge is 0.317 e. The minimum atomic E-state index is -0.869. The largest absolute Gasteiger partial charge is 0.497 e. The molecule has 0 saturated heterocycles. The molecule has 4 nitrogen and oxygen atoms in total. The number of carbonyl (C=O) groups excluding carboxylic acids is 1. The molecule has 0 amide bonds. The highest BCUT2D eigenvalue weighted by molar-refractivity contribution is 5.83. The molecule has 2 aromatic carbocycles. The van der Waals surface area contributed by atoms with Gasteiger partial charge < -0.3 is 9.47 Å². The first-order valence-electron chi connectivity index (χ1n) is 7.11. The van der Waals surface area contributed by atoms with Crippen LogP contribution < -0.4 is 4.74 Å². The van der Waals surface area contributed by atoms with Gasteiger partial charge in [0.2, 0.25) is 0 Å². The normalized spacial score (nSPS) is 11.4. The Morgan fingerprint density at radius 1 is 1.26 bits per heavy atom. The van der Waals surface area contributed by atoms with Crippen molar-refractivity contribution >= 4 is 5.97 Å². The average Bonchev–Trinajstić information content (AvgIpc) is 2.56. The first-order chi connectivity index (χ1) is 11.1. The summed E-state index contributed by atoms with van der Waals surface area (Å²) in [5.74, 6) is -1.42. The molecule has 5 heteroatoms. The van der Waals surface area contributed by atoms with Gasteiger partial charge in [-0.3, -0.25) is 4.79 Å². The van der Waals surface area contributed by atoms with E-state index in [1.807, 2.05) is 6.07 Å². The molecule has 0 aliphatic heterocycles. The zero-order valence-electron chi connectivity index (χ0n) is 12.9. The summed E-state index contributed by atoms with van der Waals surface area (Å²) in [4.78, 5) is 12.4. The van der Waals surface area contributed by atoms with Crippen LogP contribution in [0.5, 0.6) is 5.75 Å². The number of rotatable bonds is 5. The zero-order valence-corrected chi connectivity index (χ0v) is 12.9. The molecule has 1 atom stereocenters. The highest BCUT2D eigenvalue weighted by Crippen LogP contribution is 2.31. The van der Waals surface area contributed by atoms with E-state index in [1.54, 1.807) is 37.3 Å². The average molecular weight is 313 g/mol. The van der Waals surface area contributed by atoms with Gasteiger partial charge in [-0.25, -0.2) is 4.39 Å². The lowest BCUT2D eigenvalue weighted by Gasteiger charge is -2.18. The van der Waals surface area contributed by atoms with E-state index in [0.29, 0.717) is 11.3 Å². The predicted molar refractivity (Wildman–Crippen MR) is 82.6 cm³/mol. The van der Waals surface area contributed by atoms with E-state index in [1.165, 1.54) is 19.2 Å². The number of halogens is 1. The van der Waals surface area contributed by atoms with Gasteiger partial charge in [0.1, 0.15) is 23.6 Å². The van der Waals surface area contributed by atoms with E-state index in [2.05, 4.69) is 0 Å². The molecule has 118 valence electrons. The molecular formula is C18H16FNO3. The maximum Gasteiger partial charge on any atom is 0.317 e. The van der Waals surface area contributed by atoms with Crippen molar-refractivity contribution in [3.05, 3.63) is 65.0 Å². The fourth-order valence-electron chi connectivity index (χ4n) is 2.36. The van der Waals surface area contributed by atoms with Crippen LogP contribution in [0.1, 0.15) is 29.5 Å². The van der Waals surface area contributed by atoms with Crippen LogP contribution in [0.15, 0.2) is 42.5 Å². The molecule has 0 N–H and O–H groups in total. The molecule has 0 fully saturated rings. The molecule has 0 aromatic heterocycles. The predicted octanol–water partition coefficient (Wildman–Crippen LogP) is 3.40. The highest BCUT2D eigenvalue weighted by atomic mass is 19.1. The lowest BCUT2D eigenvalue weighted by atomic mass is 9.88. The number of hydrogen-bond acceptors (Lipinski definition) is 4. The monoisotopic (exact) mass is 313 g/mol. The third-order valence-electron chi connectivity index (χ3n) is 3.44. The minimum Gasteiger partial charge on any atom is -0.497 e. The number of methoxy groups -OCH3 is 1. The minimum absolute atomic E-state index is 0.152. The van der Waals surface area contributed by atoms with Gasteiger partial charge in [-0.2, -0.15) is 5.26 Å². The van der Waals surface area contributed by atoms with Crippen molar-refractivity contribution in [2.24, 2.45) is 0 Å². The van der Waals surface area contributed by atoms with E-state index in [-0.39, 0.29) is 17.7 Å². The SMILES string of the molecule is CCOC(=O)C(c1ccc(OC)cc1)c1cccc(F)c1C#N. The van der Waals surface area contributed by atoms with Gasteiger partial charge in [0, 0.05) is 0 Å². The summed E-state index contributed by atoms with van der Waals surface area (Å²) in [6.45, 7) is 1.89. The van der Waals surface area contributed by atoms with Crippen LogP contribution in [0.2, 0.25) is 0 Å². The molecule has 0 aliphatic carbocycles. The maximum absolute atomic E-state index is 13.9.